The molecule has 0 aromatic heterocycles. The monoisotopic (exact) mass is 444 g/mol. The highest BCUT2D eigenvalue weighted by Gasteiger charge is 2.46. The van der Waals surface area contributed by atoms with E-state index in [1.807, 2.05) is 0 Å². The number of nitrogens with one attached hydrogen (secondary N) is 3. The van der Waals surface area contributed by atoms with Gasteiger partial charge in [0.1, 0.15) is 0 Å². The quantitative estimate of drug-likeness (QED) is 0.585. The first-order chi connectivity index (χ1) is 15.6. The molecule has 1 amide bonds. The molecule has 1 saturated heterocycles. The lowest BCUT2D eigenvalue weighted by Crippen LogP contribution is -2.65. The number of hydrogen-bond acceptors (Lipinski definition) is 5. The maximum atomic E-state index is 11.9. The molecule has 0 aromatic carbocycles. The first-order valence-electron chi connectivity index (χ1n) is 13.2. The Kier molecular flexibility index (Phi) is 8.48. The van der Waals surface area contributed by atoms with Crippen molar-refractivity contribution in [2.45, 2.75) is 102 Å². The molecule has 6 nitrogen and oxygen atoms in total. The van der Waals surface area contributed by atoms with Crippen molar-refractivity contribution in [3.8, 4) is 6.07 Å². The zero-order chi connectivity index (χ0) is 22.5. The Morgan fingerprint density at radius 3 is 2.44 bits per heavy atom. The highest BCUT2D eigenvalue weighted by molar-refractivity contribution is 5.73. The maximum Gasteiger partial charge on any atom is 0.217 e. The molecule has 6 heteroatoms. The molecule has 0 radical (unpaired) electrons. The van der Waals surface area contributed by atoms with Crippen molar-refractivity contribution in [3.05, 3.63) is 0 Å². The summed E-state index contributed by atoms with van der Waals surface area (Å²) in [4.78, 5) is 11.9. The van der Waals surface area contributed by atoms with Gasteiger partial charge in [-0.1, -0.05) is 32.1 Å². The van der Waals surface area contributed by atoms with Crippen molar-refractivity contribution >= 4 is 5.91 Å². The summed E-state index contributed by atoms with van der Waals surface area (Å²) in [6.07, 6.45) is 14.3. The minimum absolute atomic E-state index is 0.00993. The Hall–Kier alpha value is -1.16. The summed E-state index contributed by atoms with van der Waals surface area (Å²) in [5.41, 5.74) is 0. The predicted octanol–water partition coefficient (Wildman–Crippen LogP) is 3.37. The molecule has 3 aliphatic carbocycles. The van der Waals surface area contributed by atoms with Crippen LogP contribution in [0.2, 0.25) is 0 Å². The summed E-state index contributed by atoms with van der Waals surface area (Å²) in [5.74, 6) is 2.60. The molecule has 6 unspecified atom stereocenters. The van der Waals surface area contributed by atoms with Gasteiger partial charge in [-0.15, -0.1) is 0 Å². The third-order valence-corrected chi connectivity index (χ3v) is 9.12. The van der Waals surface area contributed by atoms with E-state index in [9.17, 15) is 10.1 Å². The van der Waals surface area contributed by atoms with Crippen LogP contribution in [0, 0.1) is 40.9 Å². The van der Waals surface area contributed by atoms with Gasteiger partial charge in [-0.3, -0.25) is 4.79 Å². The molecule has 0 aromatic rings. The minimum atomic E-state index is -0.00993. The van der Waals surface area contributed by atoms with Crippen molar-refractivity contribution in [2.24, 2.45) is 29.6 Å². The lowest BCUT2D eigenvalue weighted by Gasteiger charge is -2.50. The molecular formula is C26H44N4O2. The van der Waals surface area contributed by atoms with E-state index in [4.69, 9.17) is 4.74 Å². The lowest BCUT2D eigenvalue weighted by molar-refractivity contribution is -0.121. The number of fused-ring (bicyclic) bond motifs is 1. The average molecular weight is 445 g/mol. The van der Waals surface area contributed by atoms with Crippen LogP contribution in [0.3, 0.4) is 0 Å². The van der Waals surface area contributed by atoms with Crippen molar-refractivity contribution in [1.82, 2.24) is 16.0 Å². The van der Waals surface area contributed by atoms with E-state index in [0.29, 0.717) is 30.5 Å². The van der Waals surface area contributed by atoms with Gasteiger partial charge in [-0.2, -0.15) is 5.26 Å². The molecule has 0 bridgehead atoms. The first kappa shape index (κ1) is 24.0. The van der Waals surface area contributed by atoms with E-state index in [1.165, 1.54) is 57.8 Å². The third-order valence-electron chi connectivity index (χ3n) is 9.12. The summed E-state index contributed by atoms with van der Waals surface area (Å²) >= 11 is 0. The molecule has 4 rings (SSSR count). The molecule has 1 aliphatic heterocycles. The van der Waals surface area contributed by atoms with Crippen LogP contribution in [0.4, 0.5) is 0 Å². The first-order valence-corrected chi connectivity index (χ1v) is 13.2. The van der Waals surface area contributed by atoms with Gasteiger partial charge in [0, 0.05) is 50.7 Å². The van der Waals surface area contributed by atoms with Crippen LogP contribution in [0.5, 0.6) is 0 Å². The number of nitrogens with zero attached hydrogens (tertiary/aromatic N) is 1. The fourth-order valence-electron chi connectivity index (χ4n) is 7.49. The minimum Gasteiger partial charge on any atom is -0.384 e. The summed E-state index contributed by atoms with van der Waals surface area (Å²) in [6.45, 7) is 3.03. The molecule has 32 heavy (non-hydrogen) atoms. The van der Waals surface area contributed by atoms with E-state index >= 15 is 0 Å². The smallest absolute Gasteiger partial charge is 0.217 e. The molecule has 1 heterocycles. The number of nitriles is 1. The molecule has 6 atom stereocenters. The van der Waals surface area contributed by atoms with Gasteiger partial charge in [0.2, 0.25) is 5.91 Å². The molecule has 4 fully saturated rings. The second kappa shape index (κ2) is 11.3. The molecule has 0 spiro atoms. The van der Waals surface area contributed by atoms with Crippen LogP contribution in [0.1, 0.15) is 77.6 Å². The number of hydrogen-bond donors (Lipinski definition) is 3. The van der Waals surface area contributed by atoms with Gasteiger partial charge < -0.3 is 20.7 Å². The van der Waals surface area contributed by atoms with Crippen molar-refractivity contribution in [2.75, 3.05) is 20.3 Å². The highest BCUT2D eigenvalue weighted by atomic mass is 16.5. The van der Waals surface area contributed by atoms with Gasteiger partial charge in [-0.25, -0.2) is 0 Å². The number of rotatable bonds is 6. The fraction of sp³-hybridized carbons (Fsp3) is 0.923. The van der Waals surface area contributed by atoms with Crippen molar-refractivity contribution in [1.29, 1.82) is 5.26 Å². The Morgan fingerprint density at radius 1 is 1.06 bits per heavy atom. The largest absolute Gasteiger partial charge is 0.384 e. The zero-order valence-corrected chi connectivity index (χ0v) is 20.2. The number of ether oxygens (including phenoxy) is 1. The number of carbonyl (C=O) groups is 1. The normalized spacial score (nSPS) is 40.8. The number of carbonyl (C=O) groups excluding carboxylic acids is 1. The van der Waals surface area contributed by atoms with Crippen LogP contribution in [-0.4, -0.2) is 50.3 Å². The topological polar surface area (TPSA) is 86.2 Å². The third kappa shape index (κ3) is 5.66. The molecule has 180 valence electrons. The number of methoxy groups -OCH3 is 1. The second-order valence-corrected chi connectivity index (χ2v) is 11.1. The summed E-state index contributed by atoms with van der Waals surface area (Å²) < 4.78 is 5.48. The van der Waals surface area contributed by atoms with E-state index in [0.717, 1.165) is 31.2 Å². The van der Waals surface area contributed by atoms with Gasteiger partial charge in [0.15, 0.2) is 0 Å². The van der Waals surface area contributed by atoms with Crippen LogP contribution in [-0.2, 0) is 9.53 Å². The summed E-state index contributed by atoms with van der Waals surface area (Å²) in [5, 5.41) is 20.8. The Balaban J connectivity index is 1.39. The van der Waals surface area contributed by atoms with Gasteiger partial charge in [-0.05, 0) is 56.3 Å². The van der Waals surface area contributed by atoms with E-state index in [1.54, 1.807) is 14.0 Å². The van der Waals surface area contributed by atoms with Gasteiger partial charge in [0.05, 0.1) is 18.6 Å². The van der Waals surface area contributed by atoms with Crippen LogP contribution in [0.25, 0.3) is 0 Å². The van der Waals surface area contributed by atoms with Crippen LogP contribution in [0.15, 0.2) is 0 Å². The van der Waals surface area contributed by atoms with Crippen LogP contribution >= 0.6 is 0 Å². The average Bonchev–Trinajstić information content (AvgIpc) is 2.81. The second-order valence-electron chi connectivity index (χ2n) is 11.1. The number of amides is 1. The maximum absolute atomic E-state index is 11.9. The highest BCUT2D eigenvalue weighted by Crippen LogP contribution is 2.40. The molecule has 3 saturated carbocycles. The lowest BCUT2D eigenvalue weighted by atomic mass is 9.67. The fourth-order valence-corrected chi connectivity index (χ4v) is 7.49. The summed E-state index contributed by atoms with van der Waals surface area (Å²) in [7, 11) is 1.74. The van der Waals surface area contributed by atoms with Gasteiger partial charge >= 0.3 is 0 Å². The van der Waals surface area contributed by atoms with Gasteiger partial charge in [0.25, 0.3) is 0 Å². The van der Waals surface area contributed by atoms with Crippen molar-refractivity contribution < 1.29 is 9.53 Å². The van der Waals surface area contributed by atoms with Crippen LogP contribution < -0.4 is 16.0 Å². The summed E-state index contributed by atoms with van der Waals surface area (Å²) in [6, 6.07) is 3.85. The van der Waals surface area contributed by atoms with Crippen molar-refractivity contribution in [3.63, 3.8) is 0 Å². The number of piperidine rings is 1. The SMILES string of the molecule is COCC1CC2NCC(C#N)C(NC3CCC(C4CCCCC4)CC3)C2CC1NC(C)=O. The Bertz CT molecular complexity index is 651. The Labute approximate surface area is 194 Å². The van der Waals surface area contributed by atoms with E-state index in [-0.39, 0.29) is 23.9 Å². The molecular weight excluding hydrogens is 400 g/mol. The van der Waals surface area contributed by atoms with E-state index < -0.39 is 0 Å². The molecule has 4 aliphatic rings. The Morgan fingerprint density at radius 2 is 1.78 bits per heavy atom. The zero-order valence-electron chi connectivity index (χ0n) is 20.2. The standard InChI is InChI=1S/C26H44N4O2/c1-17(31)29-24-13-23-25(12-20(24)16-32-2)28-15-21(14-27)26(23)30-22-10-8-19(9-11-22)18-6-4-3-5-7-18/h18-26,28,30H,3-13,15-16H2,1-2H3,(H,29,31). The predicted molar refractivity (Wildman–Crippen MR) is 126 cm³/mol. The van der Waals surface area contributed by atoms with E-state index in [2.05, 4.69) is 22.0 Å². The molecule has 3 N–H and O–H groups in total.